The van der Waals surface area contributed by atoms with Crippen LogP contribution in [0.25, 0.3) is 0 Å². The summed E-state index contributed by atoms with van der Waals surface area (Å²) in [5, 5.41) is 5.78. The second-order valence-electron chi connectivity index (χ2n) is 11.9. The summed E-state index contributed by atoms with van der Waals surface area (Å²) < 4.78 is 11.1. The van der Waals surface area contributed by atoms with E-state index in [4.69, 9.17) is 15.2 Å². The van der Waals surface area contributed by atoms with Crippen molar-refractivity contribution in [3.05, 3.63) is 29.8 Å². The second-order valence-corrected chi connectivity index (χ2v) is 11.9. The van der Waals surface area contributed by atoms with Crippen LogP contribution in [0.1, 0.15) is 111 Å². The first-order valence-electron chi connectivity index (χ1n) is 14.1. The van der Waals surface area contributed by atoms with Crippen molar-refractivity contribution in [3.63, 3.8) is 0 Å². The van der Waals surface area contributed by atoms with E-state index in [-0.39, 0.29) is 17.6 Å². The van der Waals surface area contributed by atoms with E-state index < -0.39 is 11.6 Å². The van der Waals surface area contributed by atoms with Crippen molar-refractivity contribution >= 4 is 12.0 Å². The highest BCUT2D eigenvalue weighted by atomic mass is 16.6. The van der Waals surface area contributed by atoms with E-state index in [9.17, 15) is 9.59 Å². The van der Waals surface area contributed by atoms with Gasteiger partial charge in [-0.3, -0.25) is 4.79 Å². The van der Waals surface area contributed by atoms with Crippen molar-refractivity contribution in [2.24, 2.45) is 5.73 Å². The monoisotopic (exact) mass is 519 g/mol. The van der Waals surface area contributed by atoms with Gasteiger partial charge in [0, 0.05) is 13.1 Å². The lowest BCUT2D eigenvalue weighted by Crippen LogP contribution is -2.42. The molecule has 1 aromatic rings. The van der Waals surface area contributed by atoms with Crippen molar-refractivity contribution in [1.82, 2.24) is 10.6 Å². The smallest absolute Gasteiger partial charge is 0.407 e. The molecule has 2 amide bonds. The summed E-state index contributed by atoms with van der Waals surface area (Å²) in [7, 11) is 0. The number of hydrogen-bond acceptors (Lipinski definition) is 5. The van der Waals surface area contributed by atoms with Gasteiger partial charge in [-0.1, -0.05) is 63.5 Å². The van der Waals surface area contributed by atoms with Gasteiger partial charge in [-0.25, -0.2) is 4.79 Å². The van der Waals surface area contributed by atoms with Gasteiger partial charge in [-0.05, 0) is 78.5 Å². The summed E-state index contributed by atoms with van der Waals surface area (Å²) >= 11 is 0. The minimum Gasteiger partial charge on any atom is -0.488 e. The molecule has 7 heteroatoms. The SMILES string of the molecule is CC(C)(C)OC(=O)NCCCCCCCCCCCCNC(=O)[C@@H](N)Cc1ccc(OC(C)(C)C)cc1. The van der Waals surface area contributed by atoms with Gasteiger partial charge in [-0.15, -0.1) is 0 Å². The Kier molecular flexibility index (Phi) is 15.3. The Labute approximate surface area is 225 Å². The molecule has 0 aliphatic rings. The van der Waals surface area contributed by atoms with Crippen molar-refractivity contribution in [2.45, 2.75) is 129 Å². The fourth-order valence-electron chi connectivity index (χ4n) is 3.91. The highest BCUT2D eigenvalue weighted by molar-refractivity contribution is 5.81. The van der Waals surface area contributed by atoms with E-state index >= 15 is 0 Å². The molecule has 212 valence electrons. The fourth-order valence-corrected chi connectivity index (χ4v) is 3.91. The lowest BCUT2D eigenvalue weighted by Gasteiger charge is -2.21. The van der Waals surface area contributed by atoms with Crippen LogP contribution in [-0.2, 0) is 16.0 Å². The molecule has 1 aromatic carbocycles. The number of benzene rings is 1. The van der Waals surface area contributed by atoms with E-state index in [1.165, 1.54) is 38.5 Å². The molecular formula is C30H53N3O4. The first-order chi connectivity index (χ1) is 17.4. The molecule has 0 saturated heterocycles. The van der Waals surface area contributed by atoms with E-state index in [1.54, 1.807) is 0 Å². The molecule has 4 N–H and O–H groups in total. The van der Waals surface area contributed by atoms with Crippen LogP contribution in [0.2, 0.25) is 0 Å². The van der Waals surface area contributed by atoms with E-state index in [1.807, 2.05) is 65.8 Å². The van der Waals surface area contributed by atoms with Crippen LogP contribution < -0.4 is 21.1 Å². The van der Waals surface area contributed by atoms with Gasteiger partial charge in [0.05, 0.1) is 6.04 Å². The van der Waals surface area contributed by atoms with Crippen molar-refractivity contribution in [1.29, 1.82) is 0 Å². The minimum atomic E-state index is -0.539. The van der Waals surface area contributed by atoms with E-state index in [0.29, 0.717) is 19.5 Å². The second kappa shape index (κ2) is 17.3. The molecule has 0 spiro atoms. The lowest BCUT2D eigenvalue weighted by molar-refractivity contribution is -0.122. The van der Waals surface area contributed by atoms with Gasteiger partial charge in [0.2, 0.25) is 5.91 Å². The molecule has 0 fully saturated rings. The number of amides is 2. The Balaban J connectivity index is 1.96. The van der Waals surface area contributed by atoms with Crippen LogP contribution >= 0.6 is 0 Å². The van der Waals surface area contributed by atoms with Gasteiger partial charge in [0.15, 0.2) is 0 Å². The number of ether oxygens (including phenoxy) is 2. The van der Waals surface area contributed by atoms with Crippen LogP contribution in [0.15, 0.2) is 24.3 Å². The third-order valence-electron chi connectivity index (χ3n) is 5.71. The van der Waals surface area contributed by atoms with Gasteiger partial charge in [-0.2, -0.15) is 0 Å². The van der Waals surface area contributed by atoms with Gasteiger partial charge in [0.25, 0.3) is 0 Å². The zero-order valence-corrected chi connectivity index (χ0v) is 24.3. The molecule has 0 unspecified atom stereocenters. The molecule has 0 bridgehead atoms. The summed E-state index contributed by atoms with van der Waals surface area (Å²) in [6.07, 6.45) is 11.8. The first-order valence-corrected chi connectivity index (χ1v) is 14.1. The number of nitrogens with one attached hydrogen (secondary N) is 2. The van der Waals surface area contributed by atoms with Crippen LogP contribution in [0, 0.1) is 0 Å². The maximum absolute atomic E-state index is 12.3. The maximum atomic E-state index is 12.3. The Morgan fingerprint density at radius 2 is 1.19 bits per heavy atom. The largest absolute Gasteiger partial charge is 0.488 e. The zero-order valence-electron chi connectivity index (χ0n) is 24.3. The standard InChI is InChI=1S/C30H53N3O4/c1-29(2,3)36-25-19-17-24(18-20-25)23-26(31)27(34)32-21-15-13-11-9-7-8-10-12-14-16-22-33-28(35)37-30(4,5)6/h17-20,26H,7-16,21-23,31H2,1-6H3,(H,32,34)(H,33,35)/t26-/m0/s1. The minimum absolute atomic E-state index is 0.0867. The number of nitrogens with two attached hydrogens (primary N) is 1. The highest BCUT2D eigenvalue weighted by Gasteiger charge is 2.16. The first kappa shape index (κ1) is 32.7. The molecule has 0 heterocycles. The van der Waals surface area contributed by atoms with Gasteiger partial charge in [0.1, 0.15) is 17.0 Å². The summed E-state index contributed by atoms with van der Waals surface area (Å²) in [4.78, 5) is 23.9. The predicted octanol–water partition coefficient (Wildman–Crippen LogP) is 6.28. The number of carbonyl (C=O) groups excluding carboxylic acids is 2. The van der Waals surface area contributed by atoms with Gasteiger partial charge >= 0.3 is 6.09 Å². The number of hydrogen-bond donors (Lipinski definition) is 3. The third-order valence-corrected chi connectivity index (χ3v) is 5.71. The molecule has 0 radical (unpaired) electrons. The molecule has 0 aromatic heterocycles. The lowest BCUT2D eigenvalue weighted by atomic mass is 10.1. The Morgan fingerprint density at radius 3 is 1.65 bits per heavy atom. The summed E-state index contributed by atoms with van der Waals surface area (Å²) in [6.45, 7) is 13.0. The number of carbonyl (C=O) groups is 2. The zero-order chi connectivity index (χ0) is 27.7. The Morgan fingerprint density at radius 1 is 0.730 bits per heavy atom. The molecule has 0 aliphatic carbocycles. The van der Waals surface area contributed by atoms with Crippen LogP contribution in [0.4, 0.5) is 4.79 Å². The van der Waals surface area contributed by atoms with Crippen molar-refractivity contribution < 1.29 is 19.1 Å². The van der Waals surface area contributed by atoms with Crippen molar-refractivity contribution in [3.8, 4) is 5.75 Å². The average Bonchev–Trinajstić information content (AvgIpc) is 2.78. The van der Waals surface area contributed by atoms with Crippen LogP contribution in [0.3, 0.4) is 0 Å². The van der Waals surface area contributed by atoms with Gasteiger partial charge < -0.3 is 25.8 Å². The van der Waals surface area contributed by atoms with Crippen LogP contribution in [-0.4, -0.2) is 42.3 Å². The average molecular weight is 520 g/mol. The maximum Gasteiger partial charge on any atom is 0.407 e. The topological polar surface area (TPSA) is 103 Å². The molecule has 0 aliphatic heterocycles. The quantitative estimate of drug-likeness (QED) is 0.210. The van der Waals surface area contributed by atoms with Crippen molar-refractivity contribution in [2.75, 3.05) is 13.1 Å². The number of rotatable bonds is 17. The third kappa shape index (κ3) is 18.6. The molecule has 1 rings (SSSR count). The molecule has 1 atom stereocenters. The normalized spacial score (nSPS) is 12.6. The Bertz CT molecular complexity index is 767. The number of alkyl carbamates (subject to hydrolysis) is 1. The summed E-state index contributed by atoms with van der Waals surface area (Å²) in [6, 6.07) is 7.26. The predicted molar refractivity (Wildman–Crippen MR) is 152 cm³/mol. The molecular weight excluding hydrogens is 466 g/mol. The van der Waals surface area contributed by atoms with E-state index in [2.05, 4.69) is 10.6 Å². The Hall–Kier alpha value is -2.28. The van der Waals surface area contributed by atoms with E-state index in [0.717, 1.165) is 37.0 Å². The summed E-state index contributed by atoms with van der Waals surface area (Å²) in [5.41, 5.74) is 6.46. The highest BCUT2D eigenvalue weighted by Crippen LogP contribution is 2.19. The fraction of sp³-hybridized carbons (Fsp3) is 0.733. The number of unbranched alkanes of at least 4 members (excludes halogenated alkanes) is 9. The molecule has 37 heavy (non-hydrogen) atoms. The van der Waals surface area contributed by atoms with Crippen LogP contribution in [0.5, 0.6) is 5.75 Å². The molecule has 7 nitrogen and oxygen atoms in total. The summed E-state index contributed by atoms with van der Waals surface area (Å²) in [5.74, 6) is 0.732. The molecule has 0 saturated carbocycles.